The van der Waals surface area contributed by atoms with Gasteiger partial charge in [0.1, 0.15) is 17.5 Å². The second kappa shape index (κ2) is 5.58. The Morgan fingerprint density at radius 3 is 2.89 bits per heavy atom. The predicted molar refractivity (Wildman–Crippen MR) is 71.5 cm³/mol. The van der Waals surface area contributed by atoms with Gasteiger partial charge in [-0.3, -0.25) is 4.68 Å². The summed E-state index contributed by atoms with van der Waals surface area (Å²) >= 11 is 3.27. The molecule has 2 rings (SSSR count). The average Bonchev–Trinajstić information content (AvgIpc) is 2.95. The van der Waals surface area contributed by atoms with Crippen LogP contribution in [0.5, 0.6) is 5.75 Å². The quantitative estimate of drug-likeness (QED) is 0.921. The van der Waals surface area contributed by atoms with Crippen LogP contribution in [-0.2, 0) is 6.54 Å². The minimum Gasteiger partial charge on any atom is -0.493 e. The molecule has 1 unspecified atom stereocenters. The van der Waals surface area contributed by atoms with Gasteiger partial charge in [0.2, 0.25) is 0 Å². The molecule has 0 aliphatic rings. The molecule has 0 aromatic carbocycles. The molecule has 0 spiro atoms. The number of nitrogens with two attached hydrogens (primary N) is 1. The van der Waals surface area contributed by atoms with Gasteiger partial charge in [-0.1, -0.05) is 6.92 Å². The zero-order valence-corrected chi connectivity index (χ0v) is 12.0. The summed E-state index contributed by atoms with van der Waals surface area (Å²) < 4.78 is 13.3. The standard InChI is InChI=1S/C12H16BrN3O2/c1-3-6-16-12(9(17-2)7-15-16)11(14)8-4-5-10(13)18-8/h4-5,7,11H,3,6,14H2,1-2H3. The van der Waals surface area contributed by atoms with Crippen LogP contribution in [0.3, 0.4) is 0 Å². The first kappa shape index (κ1) is 13.2. The van der Waals surface area contributed by atoms with Crippen LogP contribution in [0.4, 0.5) is 0 Å². The Hall–Kier alpha value is -1.27. The summed E-state index contributed by atoms with van der Waals surface area (Å²) in [6.07, 6.45) is 2.66. The van der Waals surface area contributed by atoms with Crippen molar-refractivity contribution in [1.29, 1.82) is 0 Å². The third kappa shape index (κ3) is 2.44. The van der Waals surface area contributed by atoms with Gasteiger partial charge < -0.3 is 14.9 Å². The van der Waals surface area contributed by atoms with Crippen molar-refractivity contribution in [3.05, 3.63) is 34.5 Å². The highest BCUT2D eigenvalue weighted by Gasteiger charge is 2.22. The molecule has 6 heteroatoms. The highest BCUT2D eigenvalue weighted by atomic mass is 79.9. The molecular formula is C12H16BrN3O2. The second-order valence-electron chi connectivity index (χ2n) is 3.94. The minimum absolute atomic E-state index is 0.389. The van der Waals surface area contributed by atoms with Gasteiger partial charge >= 0.3 is 0 Å². The van der Waals surface area contributed by atoms with E-state index >= 15 is 0 Å². The van der Waals surface area contributed by atoms with Gasteiger partial charge in [-0.25, -0.2) is 0 Å². The summed E-state index contributed by atoms with van der Waals surface area (Å²) in [5.41, 5.74) is 7.06. The van der Waals surface area contributed by atoms with E-state index in [2.05, 4.69) is 28.0 Å². The van der Waals surface area contributed by atoms with E-state index in [-0.39, 0.29) is 6.04 Å². The van der Waals surface area contributed by atoms with Crippen LogP contribution < -0.4 is 10.5 Å². The first-order chi connectivity index (χ1) is 8.67. The van der Waals surface area contributed by atoms with Gasteiger partial charge in [0.25, 0.3) is 0 Å². The van der Waals surface area contributed by atoms with E-state index in [1.165, 1.54) is 0 Å². The Labute approximate surface area is 114 Å². The number of nitrogens with zero attached hydrogens (tertiary/aromatic N) is 2. The number of ether oxygens (including phenoxy) is 1. The SMILES string of the molecule is CCCn1ncc(OC)c1C(N)c1ccc(Br)o1. The molecule has 0 aliphatic carbocycles. The Morgan fingerprint density at radius 1 is 1.56 bits per heavy atom. The number of halogens is 1. The van der Waals surface area contributed by atoms with Crippen LogP contribution in [0, 0.1) is 0 Å². The number of methoxy groups -OCH3 is 1. The predicted octanol–water partition coefficient (Wildman–Crippen LogP) is 2.71. The summed E-state index contributed by atoms with van der Waals surface area (Å²) in [4.78, 5) is 0. The van der Waals surface area contributed by atoms with E-state index in [0.29, 0.717) is 16.2 Å². The molecule has 18 heavy (non-hydrogen) atoms. The Balaban J connectivity index is 2.38. The van der Waals surface area contributed by atoms with Crippen LogP contribution >= 0.6 is 15.9 Å². The van der Waals surface area contributed by atoms with Crippen molar-refractivity contribution in [2.75, 3.05) is 7.11 Å². The molecule has 0 fully saturated rings. The summed E-state index contributed by atoms with van der Waals surface area (Å²) in [7, 11) is 1.61. The topological polar surface area (TPSA) is 66.2 Å². The van der Waals surface area contributed by atoms with Crippen molar-refractivity contribution < 1.29 is 9.15 Å². The lowest BCUT2D eigenvalue weighted by atomic mass is 10.1. The number of hydrogen-bond donors (Lipinski definition) is 1. The maximum atomic E-state index is 6.23. The van der Waals surface area contributed by atoms with E-state index in [0.717, 1.165) is 18.7 Å². The highest BCUT2D eigenvalue weighted by molar-refractivity contribution is 9.10. The van der Waals surface area contributed by atoms with Gasteiger partial charge in [0, 0.05) is 6.54 Å². The highest BCUT2D eigenvalue weighted by Crippen LogP contribution is 2.30. The lowest BCUT2D eigenvalue weighted by molar-refractivity contribution is 0.395. The number of aryl methyl sites for hydroxylation is 1. The lowest BCUT2D eigenvalue weighted by Gasteiger charge is -2.13. The molecule has 2 N–H and O–H groups in total. The number of aromatic nitrogens is 2. The van der Waals surface area contributed by atoms with Crippen molar-refractivity contribution in [2.24, 2.45) is 5.73 Å². The van der Waals surface area contributed by atoms with Crippen LogP contribution in [0.15, 0.2) is 27.4 Å². The largest absolute Gasteiger partial charge is 0.493 e. The van der Waals surface area contributed by atoms with Crippen LogP contribution in [-0.4, -0.2) is 16.9 Å². The smallest absolute Gasteiger partial charge is 0.169 e. The Bertz CT molecular complexity index is 521. The molecule has 1 atom stereocenters. The molecule has 2 aromatic rings. The van der Waals surface area contributed by atoms with Gasteiger partial charge in [-0.2, -0.15) is 5.10 Å². The summed E-state index contributed by atoms with van der Waals surface area (Å²) in [5, 5.41) is 4.29. The molecule has 0 amide bonds. The van der Waals surface area contributed by atoms with E-state index in [1.54, 1.807) is 13.3 Å². The second-order valence-corrected chi connectivity index (χ2v) is 4.72. The van der Waals surface area contributed by atoms with Crippen molar-refractivity contribution in [3.8, 4) is 5.75 Å². The minimum atomic E-state index is -0.389. The molecule has 0 saturated heterocycles. The number of hydrogen-bond acceptors (Lipinski definition) is 4. The number of furan rings is 1. The fourth-order valence-electron chi connectivity index (χ4n) is 1.87. The molecular weight excluding hydrogens is 298 g/mol. The van der Waals surface area contributed by atoms with Crippen molar-refractivity contribution in [1.82, 2.24) is 9.78 Å². The van der Waals surface area contributed by atoms with Crippen LogP contribution in [0.2, 0.25) is 0 Å². The van der Waals surface area contributed by atoms with Gasteiger partial charge in [-0.05, 0) is 34.5 Å². The van der Waals surface area contributed by atoms with Crippen molar-refractivity contribution in [2.45, 2.75) is 25.9 Å². The zero-order chi connectivity index (χ0) is 13.1. The molecule has 5 nitrogen and oxygen atoms in total. The normalized spacial score (nSPS) is 12.7. The van der Waals surface area contributed by atoms with Crippen LogP contribution in [0.1, 0.15) is 30.8 Å². The summed E-state index contributed by atoms with van der Waals surface area (Å²) in [6, 6.07) is 3.28. The molecule has 0 radical (unpaired) electrons. The monoisotopic (exact) mass is 313 g/mol. The third-order valence-corrected chi connectivity index (χ3v) is 3.12. The maximum Gasteiger partial charge on any atom is 0.169 e. The van der Waals surface area contributed by atoms with E-state index < -0.39 is 0 Å². The molecule has 0 bridgehead atoms. The maximum absolute atomic E-state index is 6.23. The Morgan fingerprint density at radius 2 is 2.33 bits per heavy atom. The average molecular weight is 314 g/mol. The molecule has 0 saturated carbocycles. The van der Waals surface area contributed by atoms with Crippen LogP contribution in [0.25, 0.3) is 0 Å². The van der Waals surface area contributed by atoms with Gasteiger partial charge in [-0.15, -0.1) is 0 Å². The first-order valence-corrected chi connectivity index (χ1v) is 6.57. The van der Waals surface area contributed by atoms with Gasteiger partial charge in [0.05, 0.1) is 13.3 Å². The number of rotatable bonds is 5. The molecule has 0 aliphatic heterocycles. The van der Waals surface area contributed by atoms with E-state index in [9.17, 15) is 0 Å². The Kier molecular flexibility index (Phi) is 4.08. The zero-order valence-electron chi connectivity index (χ0n) is 10.4. The summed E-state index contributed by atoms with van der Waals surface area (Å²) in [6.45, 7) is 2.89. The third-order valence-electron chi connectivity index (χ3n) is 2.70. The molecule has 98 valence electrons. The lowest BCUT2D eigenvalue weighted by Crippen LogP contribution is -2.18. The molecule has 2 heterocycles. The summed E-state index contributed by atoms with van der Waals surface area (Å²) in [5.74, 6) is 1.36. The van der Waals surface area contributed by atoms with Crippen molar-refractivity contribution >= 4 is 15.9 Å². The molecule has 2 aromatic heterocycles. The fourth-order valence-corrected chi connectivity index (χ4v) is 2.19. The first-order valence-electron chi connectivity index (χ1n) is 5.77. The fraction of sp³-hybridized carbons (Fsp3) is 0.417. The van der Waals surface area contributed by atoms with Crippen molar-refractivity contribution in [3.63, 3.8) is 0 Å². The van der Waals surface area contributed by atoms with E-state index in [1.807, 2.05) is 16.8 Å². The van der Waals surface area contributed by atoms with E-state index in [4.69, 9.17) is 14.9 Å². The van der Waals surface area contributed by atoms with Gasteiger partial charge in [0.15, 0.2) is 10.4 Å².